The summed E-state index contributed by atoms with van der Waals surface area (Å²) in [5, 5.41) is 0.694. The highest BCUT2D eigenvalue weighted by Crippen LogP contribution is 2.19. The van der Waals surface area contributed by atoms with Gasteiger partial charge in [-0.25, -0.2) is 4.79 Å². The van der Waals surface area contributed by atoms with E-state index in [1.54, 1.807) is 12.1 Å². The maximum absolute atomic E-state index is 11.2. The summed E-state index contributed by atoms with van der Waals surface area (Å²) >= 11 is 9.04. The number of ketones is 1. The Morgan fingerprint density at radius 1 is 1.44 bits per heavy atom. The van der Waals surface area contributed by atoms with Gasteiger partial charge in [0, 0.05) is 11.4 Å². The van der Waals surface area contributed by atoms with E-state index in [1.807, 2.05) is 0 Å². The Kier molecular flexibility index (Phi) is 4.96. The Balaban J connectivity index is 2.91. The summed E-state index contributed by atoms with van der Waals surface area (Å²) in [6, 6.07) is 4.76. The summed E-state index contributed by atoms with van der Waals surface area (Å²) in [6.45, 7) is 0. The molecular weight excluding hydrogens is 295 g/mol. The van der Waals surface area contributed by atoms with Crippen molar-refractivity contribution in [3.63, 3.8) is 0 Å². The summed E-state index contributed by atoms with van der Waals surface area (Å²) in [5.74, 6) is -0.409. The molecule has 0 saturated heterocycles. The Bertz CT molecular complexity index is 418. The normalized spacial score (nSPS) is 9.94. The van der Waals surface area contributed by atoms with Crippen LogP contribution in [-0.2, 0) is 16.0 Å². The van der Waals surface area contributed by atoms with Crippen molar-refractivity contribution in [1.82, 2.24) is 0 Å². The lowest BCUT2D eigenvalue weighted by Gasteiger charge is -2.04. The molecule has 0 heterocycles. The zero-order chi connectivity index (χ0) is 12.1. The van der Waals surface area contributed by atoms with Gasteiger partial charge in [-0.05, 0) is 17.7 Å². The second-order valence-electron chi connectivity index (χ2n) is 3.15. The second kappa shape index (κ2) is 6.01. The molecule has 5 heteroatoms. The molecule has 0 atom stereocenters. The van der Waals surface area contributed by atoms with E-state index < -0.39 is 5.97 Å². The number of benzene rings is 1. The van der Waals surface area contributed by atoms with Crippen molar-refractivity contribution in [1.29, 1.82) is 0 Å². The summed E-state index contributed by atoms with van der Waals surface area (Å²) < 4.78 is 4.56. The topological polar surface area (TPSA) is 43.4 Å². The van der Waals surface area contributed by atoms with Crippen LogP contribution in [0, 0.1) is 0 Å². The second-order valence-corrected chi connectivity index (χ2v) is 4.11. The molecule has 0 spiro atoms. The van der Waals surface area contributed by atoms with E-state index in [-0.39, 0.29) is 12.2 Å². The van der Waals surface area contributed by atoms with Crippen LogP contribution in [0.4, 0.5) is 0 Å². The van der Waals surface area contributed by atoms with Gasteiger partial charge in [0.05, 0.1) is 18.0 Å². The monoisotopic (exact) mass is 304 g/mol. The first-order valence-electron chi connectivity index (χ1n) is 4.53. The maximum Gasteiger partial charge on any atom is 0.337 e. The number of Topliss-reactive ketones (excluding diaryl/α,β-unsaturated/α-hetero) is 1. The van der Waals surface area contributed by atoms with Crippen LogP contribution in [0.3, 0.4) is 0 Å². The molecule has 1 aromatic rings. The molecule has 0 aromatic heterocycles. The molecule has 0 amide bonds. The Morgan fingerprint density at radius 3 is 2.62 bits per heavy atom. The number of halogens is 2. The van der Waals surface area contributed by atoms with Gasteiger partial charge in [0.25, 0.3) is 0 Å². The molecule has 0 radical (unpaired) electrons. The van der Waals surface area contributed by atoms with Crippen molar-refractivity contribution in [2.75, 3.05) is 12.4 Å². The van der Waals surface area contributed by atoms with E-state index in [4.69, 9.17) is 11.6 Å². The van der Waals surface area contributed by atoms with Crippen LogP contribution < -0.4 is 0 Å². The number of rotatable bonds is 4. The van der Waals surface area contributed by atoms with Crippen LogP contribution in [0.15, 0.2) is 18.2 Å². The highest BCUT2D eigenvalue weighted by molar-refractivity contribution is 9.09. The van der Waals surface area contributed by atoms with Gasteiger partial charge in [-0.3, -0.25) is 4.79 Å². The Hall–Kier alpha value is -0.870. The standard InChI is InChI=1S/C11H10BrClO3/c1-16-11(15)8-3-2-7(10(13)5-8)4-9(14)6-12/h2-3,5H,4,6H2,1H3. The molecule has 1 aromatic carbocycles. The third kappa shape index (κ3) is 3.32. The smallest absolute Gasteiger partial charge is 0.337 e. The third-order valence-electron chi connectivity index (χ3n) is 2.01. The molecule has 0 bridgehead atoms. The number of ether oxygens (including phenoxy) is 1. The zero-order valence-corrected chi connectivity index (χ0v) is 11.0. The number of esters is 1. The van der Waals surface area contributed by atoms with Gasteiger partial charge in [0.2, 0.25) is 0 Å². The van der Waals surface area contributed by atoms with Crippen LogP contribution in [0.5, 0.6) is 0 Å². The number of carbonyl (C=O) groups is 2. The van der Waals surface area contributed by atoms with Gasteiger partial charge in [-0.2, -0.15) is 0 Å². The summed E-state index contributed by atoms with van der Waals surface area (Å²) in [5.41, 5.74) is 1.08. The molecule has 0 unspecified atom stereocenters. The molecule has 0 N–H and O–H groups in total. The van der Waals surface area contributed by atoms with Crippen LogP contribution in [-0.4, -0.2) is 24.2 Å². The average Bonchev–Trinajstić information content (AvgIpc) is 2.30. The van der Waals surface area contributed by atoms with Crippen LogP contribution in [0.1, 0.15) is 15.9 Å². The van der Waals surface area contributed by atoms with E-state index >= 15 is 0 Å². The minimum atomic E-state index is -0.444. The Morgan fingerprint density at radius 2 is 2.12 bits per heavy atom. The molecule has 0 aliphatic rings. The van der Waals surface area contributed by atoms with Gasteiger partial charge in [-0.15, -0.1) is 0 Å². The van der Waals surface area contributed by atoms with Crippen molar-refractivity contribution < 1.29 is 14.3 Å². The lowest BCUT2D eigenvalue weighted by molar-refractivity contribution is -0.115. The van der Waals surface area contributed by atoms with Crippen molar-refractivity contribution in [2.24, 2.45) is 0 Å². The van der Waals surface area contributed by atoms with Crippen molar-refractivity contribution in [3.8, 4) is 0 Å². The fourth-order valence-corrected chi connectivity index (χ4v) is 1.64. The number of hydrogen-bond acceptors (Lipinski definition) is 3. The van der Waals surface area contributed by atoms with E-state index in [2.05, 4.69) is 20.7 Å². The third-order valence-corrected chi connectivity index (χ3v) is 2.99. The molecule has 86 valence electrons. The zero-order valence-electron chi connectivity index (χ0n) is 8.63. The number of hydrogen-bond donors (Lipinski definition) is 0. The lowest BCUT2D eigenvalue weighted by Crippen LogP contribution is -2.06. The molecule has 0 aliphatic heterocycles. The van der Waals surface area contributed by atoms with E-state index in [0.29, 0.717) is 21.5 Å². The van der Waals surface area contributed by atoms with Crippen molar-refractivity contribution >= 4 is 39.3 Å². The highest BCUT2D eigenvalue weighted by atomic mass is 79.9. The predicted molar refractivity (Wildman–Crippen MR) is 65.3 cm³/mol. The number of methoxy groups -OCH3 is 1. The maximum atomic E-state index is 11.2. The molecule has 3 nitrogen and oxygen atoms in total. The first-order chi connectivity index (χ1) is 7.58. The summed E-state index contributed by atoms with van der Waals surface area (Å²) in [6.07, 6.45) is 0.255. The van der Waals surface area contributed by atoms with Gasteiger partial charge < -0.3 is 4.74 Å². The van der Waals surface area contributed by atoms with E-state index in [9.17, 15) is 9.59 Å². The average molecular weight is 306 g/mol. The fourth-order valence-electron chi connectivity index (χ4n) is 1.20. The van der Waals surface area contributed by atoms with E-state index in [1.165, 1.54) is 13.2 Å². The SMILES string of the molecule is COC(=O)c1ccc(CC(=O)CBr)c(Cl)c1. The van der Waals surface area contributed by atoms with Gasteiger partial charge >= 0.3 is 5.97 Å². The first kappa shape index (κ1) is 13.2. The van der Waals surface area contributed by atoms with Crippen LogP contribution in [0.25, 0.3) is 0 Å². The largest absolute Gasteiger partial charge is 0.465 e. The van der Waals surface area contributed by atoms with Gasteiger partial charge in [-0.1, -0.05) is 33.6 Å². The molecular formula is C11H10BrClO3. The van der Waals surface area contributed by atoms with Gasteiger partial charge in [0.1, 0.15) is 5.78 Å². The molecule has 1 rings (SSSR count). The minimum absolute atomic E-state index is 0.0349. The first-order valence-corrected chi connectivity index (χ1v) is 6.02. The minimum Gasteiger partial charge on any atom is -0.465 e. The lowest BCUT2D eigenvalue weighted by atomic mass is 10.1. The Labute approximate surface area is 107 Å². The quantitative estimate of drug-likeness (QED) is 0.634. The van der Waals surface area contributed by atoms with Crippen LogP contribution >= 0.6 is 27.5 Å². The number of alkyl halides is 1. The van der Waals surface area contributed by atoms with Crippen molar-refractivity contribution in [2.45, 2.75) is 6.42 Å². The van der Waals surface area contributed by atoms with Crippen molar-refractivity contribution in [3.05, 3.63) is 34.3 Å². The highest BCUT2D eigenvalue weighted by Gasteiger charge is 2.10. The van der Waals surface area contributed by atoms with Gasteiger partial charge in [0.15, 0.2) is 0 Å². The molecule has 0 saturated carbocycles. The fraction of sp³-hybridized carbons (Fsp3) is 0.273. The van der Waals surface area contributed by atoms with Crippen LogP contribution in [0.2, 0.25) is 5.02 Å². The number of carbonyl (C=O) groups excluding carboxylic acids is 2. The summed E-state index contributed by atoms with van der Waals surface area (Å²) in [4.78, 5) is 22.4. The molecule has 0 fully saturated rings. The summed E-state index contributed by atoms with van der Waals surface area (Å²) in [7, 11) is 1.30. The molecule has 0 aliphatic carbocycles. The molecule has 16 heavy (non-hydrogen) atoms. The predicted octanol–water partition coefficient (Wildman–Crippen LogP) is 2.63. The van der Waals surface area contributed by atoms with E-state index in [0.717, 1.165) is 0 Å².